The fourth-order valence-corrected chi connectivity index (χ4v) is 3.65. The Kier molecular flexibility index (Phi) is 2.63. The van der Waals surface area contributed by atoms with E-state index in [1.807, 2.05) is 24.3 Å². The Balaban J connectivity index is 1.83. The van der Waals surface area contributed by atoms with E-state index in [9.17, 15) is 4.79 Å². The van der Waals surface area contributed by atoms with E-state index in [1.165, 1.54) is 11.1 Å². The first-order valence-corrected chi connectivity index (χ1v) is 7.33. The van der Waals surface area contributed by atoms with E-state index >= 15 is 0 Å². The first kappa shape index (κ1) is 12.5. The van der Waals surface area contributed by atoms with Crippen LogP contribution in [0.5, 0.6) is 0 Å². The lowest BCUT2D eigenvalue weighted by Gasteiger charge is -2.39. The van der Waals surface area contributed by atoms with Crippen molar-refractivity contribution in [1.29, 1.82) is 0 Å². The van der Waals surface area contributed by atoms with Crippen molar-refractivity contribution in [3.63, 3.8) is 0 Å². The van der Waals surface area contributed by atoms with Gasteiger partial charge >= 0.3 is 0 Å². The van der Waals surface area contributed by atoms with Gasteiger partial charge < -0.3 is 0 Å². The fraction of sp³-hybridized carbons (Fsp3) is 0.211. The van der Waals surface area contributed by atoms with Crippen molar-refractivity contribution in [3.05, 3.63) is 83.4 Å². The lowest BCUT2D eigenvalue weighted by Crippen LogP contribution is -2.43. The highest BCUT2D eigenvalue weighted by molar-refractivity contribution is 5.98. The van der Waals surface area contributed by atoms with Crippen LogP contribution in [0.15, 0.2) is 66.7 Å². The number of carbonyl (C=O) groups excluding carboxylic acids is 1. The third kappa shape index (κ3) is 1.72. The zero-order chi connectivity index (χ0) is 14.4. The molecule has 0 amide bonds. The number of nitrogens with zero attached hydrogens (tertiary/aromatic N) is 1. The molecule has 0 aliphatic carbocycles. The Morgan fingerprint density at radius 1 is 1.05 bits per heavy atom. The molecule has 2 heterocycles. The van der Waals surface area contributed by atoms with Gasteiger partial charge in [0.2, 0.25) is 0 Å². The fourth-order valence-electron chi connectivity index (χ4n) is 3.65. The molecule has 0 aromatic heterocycles. The third-order valence-electron chi connectivity index (χ3n) is 4.75. The molecule has 2 aromatic carbocycles. The summed E-state index contributed by atoms with van der Waals surface area (Å²) < 4.78 is 0. The summed E-state index contributed by atoms with van der Waals surface area (Å²) >= 11 is 0. The minimum atomic E-state index is -0.189. The maximum atomic E-state index is 12.4. The summed E-state index contributed by atoms with van der Waals surface area (Å²) in [5.41, 5.74) is 3.47. The van der Waals surface area contributed by atoms with Crippen LogP contribution in [0, 0.1) is 0 Å². The van der Waals surface area contributed by atoms with Crippen molar-refractivity contribution >= 4 is 5.78 Å². The highest BCUT2D eigenvalue weighted by Gasteiger charge is 2.50. The summed E-state index contributed by atoms with van der Waals surface area (Å²) in [6, 6.07) is 18.5. The van der Waals surface area contributed by atoms with Crippen LogP contribution in [0.4, 0.5) is 0 Å². The average molecular weight is 275 g/mol. The van der Waals surface area contributed by atoms with Crippen molar-refractivity contribution < 1.29 is 4.79 Å². The summed E-state index contributed by atoms with van der Waals surface area (Å²) in [6.45, 7) is 2.99. The van der Waals surface area contributed by atoms with Gasteiger partial charge in [-0.3, -0.25) is 9.69 Å². The lowest BCUT2D eigenvalue weighted by molar-refractivity contribution is -0.122. The molecule has 2 atom stereocenters. The van der Waals surface area contributed by atoms with Gasteiger partial charge in [0.25, 0.3) is 0 Å². The number of fused-ring (bicyclic) bond motifs is 5. The van der Waals surface area contributed by atoms with Crippen molar-refractivity contribution in [2.75, 3.05) is 0 Å². The summed E-state index contributed by atoms with van der Waals surface area (Å²) in [6.07, 6.45) is 3.81. The monoisotopic (exact) mass is 275 g/mol. The average Bonchev–Trinajstić information content (AvgIpc) is 2.69. The number of carbonyl (C=O) groups is 1. The molecule has 2 aliphatic heterocycles. The minimum Gasteiger partial charge on any atom is -0.293 e. The number of hydrogen-bond acceptors (Lipinski definition) is 2. The Morgan fingerprint density at radius 3 is 2.57 bits per heavy atom. The van der Waals surface area contributed by atoms with Crippen molar-refractivity contribution in [1.82, 2.24) is 4.90 Å². The van der Waals surface area contributed by atoms with Crippen molar-refractivity contribution in [2.24, 2.45) is 0 Å². The molecule has 0 saturated heterocycles. The van der Waals surface area contributed by atoms with Crippen molar-refractivity contribution in [3.8, 4) is 0 Å². The largest absolute Gasteiger partial charge is 0.293 e. The lowest BCUT2D eigenvalue weighted by atomic mass is 9.91. The first-order chi connectivity index (χ1) is 10.2. The quantitative estimate of drug-likeness (QED) is 0.834. The maximum Gasteiger partial charge on any atom is 0.177 e. The second kappa shape index (κ2) is 4.40. The minimum absolute atomic E-state index is 0.142. The maximum absolute atomic E-state index is 12.4. The van der Waals surface area contributed by atoms with E-state index in [-0.39, 0.29) is 17.4 Å². The molecule has 4 rings (SSSR count). The molecule has 21 heavy (non-hydrogen) atoms. The zero-order valence-corrected chi connectivity index (χ0v) is 12.0. The van der Waals surface area contributed by atoms with Crippen LogP contribution < -0.4 is 0 Å². The highest BCUT2D eigenvalue weighted by Crippen LogP contribution is 2.50. The van der Waals surface area contributed by atoms with E-state index in [0.717, 1.165) is 12.1 Å². The van der Waals surface area contributed by atoms with E-state index in [1.54, 1.807) is 6.08 Å². The molecule has 2 bridgehead atoms. The smallest absolute Gasteiger partial charge is 0.177 e. The normalized spacial score (nSPS) is 26.9. The molecule has 2 heteroatoms. The van der Waals surface area contributed by atoms with Gasteiger partial charge in [-0.2, -0.15) is 0 Å². The van der Waals surface area contributed by atoms with Crippen LogP contribution in [0.2, 0.25) is 0 Å². The Morgan fingerprint density at radius 2 is 1.76 bits per heavy atom. The first-order valence-electron chi connectivity index (χ1n) is 7.33. The molecule has 0 N–H and O–H groups in total. The molecular weight excluding hydrogens is 258 g/mol. The standard InChI is InChI=1S/C19H17NO/c1-19-12-11-17(21)18(15-9-5-6-10-16(15)19)20(19)13-14-7-3-2-4-8-14/h2-12,18H,13H2,1H3. The molecule has 104 valence electrons. The Labute approximate surface area is 124 Å². The van der Waals surface area contributed by atoms with Gasteiger partial charge in [0.15, 0.2) is 5.78 Å². The molecular formula is C19H17NO. The molecule has 0 saturated carbocycles. The van der Waals surface area contributed by atoms with Crippen LogP contribution in [0.3, 0.4) is 0 Å². The molecule has 2 unspecified atom stereocenters. The summed E-state index contributed by atoms with van der Waals surface area (Å²) in [7, 11) is 0. The molecule has 2 aliphatic rings. The predicted molar refractivity (Wildman–Crippen MR) is 82.7 cm³/mol. The molecule has 2 nitrogen and oxygen atoms in total. The number of rotatable bonds is 2. The zero-order valence-electron chi connectivity index (χ0n) is 12.0. The van der Waals surface area contributed by atoms with Gasteiger partial charge in [-0.05, 0) is 29.7 Å². The van der Waals surface area contributed by atoms with Gasteiger partial charge in [-0.25, -0.2) is 0 Å². The van der Waals surface area contributed by atoms with E-state index in [4.69, 9.17) is 0 Å². The molecule has 2 aromatic rings. The van der Waals surface area contributed by atoms with Gasteiger partial charge in [0.1, 0.15) is 0 Å². The Bertz CT molecular complexity index is 734. The van der Waals surface area contributed by atoms with Crippen LogP contribution in [0.1, 0.15) is 29.7 Å². The molecule has 0 fully saturated rings. The van der Waals surface area contributed by atoms with E-state index in [2.05, 4.69) is 48.2 Å². The molecule has 0 radical (unpaired) electrons. The SMILES string of the molecule is CC12C=CC(=O)C(c3ccccc31)N2Cc1ccccc1. The van der Waals surface area contributed by atoms with Gasteiger partial charge in [0, 0.05) is 6.54 Å². The van der Waals surface area contributed by atoms with Crippen LogP contribution >= 0.6 is 0 Å². The second-order valence-corrected chi connectivity index (χ2v) is 5.99. The third-order valence-corrected chi connectivity index (χ3v) is 4.75. The topological polar surface area (TPSA) is 20.3 Å². The number of hydrogen-bond donors (Lipinski definition) is 0. The molecule has 0 spiro atoms. The summed E-state index contributed by atoms with van der Waals surface area (Å²) in [5, 5.41) is 0. The second-order valence-electron chi connectivity index (χ2n) is 5.99. The Hall–Kier alpha value is -2.19. The predicted octanol–water partition coefficient (Wildman–Crippen LogP) is 3.60. The van der Waals surface area contributed by atoms with Gasteiger partial charge in [-0.1, -0.05) is 60.7 Å². The van der Waals surface area contributed by atoms with E-state index in [0.29, 0.717) is 0 Å². The summed E-state index contributed by atoms with van der Waals surface area (Å²) in [4.78, 5) is 14.7. The number of ketones is 1. The van der Waals surface area contributed by atoms with Crippen LogP contribution in [-0.4, -0.2) is 10.7 Å². The van der Waals surface area contributed by atoms with Crippen LogP contribution in [0.25, 0.3) is 0 Å². The van der Waals surface area contributed by atoms with Crippen molar-refractivity contribution in [2.45, 2.75) is 25.0 Å². The van der Waals surface area contributed by atoms with Gasteiger partial charge in [0.05, 0.1) is 11.6 Å². The van der Waals surface area contributed by atoms with Crippen LogP contribution in [-0.2, 0) is 16.9 Å². The highest BCUT2D eigenvalue weighted by atomic mass is 16.1. The number of benzene rings is 2. The van der Waals surface area contributed by atoms with Gasteiger partial charge in [-0.15, -0.1) is 0 Å². The van der Waals surface area contributed by atoms with E-state index < -0.39 is 0 Å². The summed E-state index contributed by atoms with van der Waals surface area (Å²) in [5.74, 6) is 0.188.